The Morgan fingerprint density at radius 1 is 1.11 bits per heavy atom. The van der Waals surface area contributed by atoms with Crippen molar-refractivity contribution in [2.24, 2.45) is 5.92 Å². The number of rotatable bonds is 4. The Morgan fingerprint density at radius 3 is 2.71 bits per heavy atom. The number of anilines is 2. The molecule has 1 amide bonds. The summed E-state index contributed by atoms with van der Waals surface area (Å²) in [5, 5.41) is 6.55. The molecule has 1 aromatic heterocycles. The quantitative estimate of drug-likeness (QED) is 0.855. The largest absolute Gasteiger partial charge is 0.371 e. The predicted octanol–water partition coefficient (Wildman–Crippen LogP) is 3.38. The van der Waals surface area contributed by atoms with E-state index in [1.165, 1.54) is 42.6 Å². The van der Waals surface area contributed by atoms with Crippen LogP contribution in [0.15, 0.2) is 24.4 Å². The van der Waals surface area contributed by atoms with Crippen molar-refractivity contribution >= 4 is 17.3 Å². The van der Waals surface area contributed by atoms with E-state index in [4.69, 9.17) is 4.98 Å². The molecule has 2 aromatic rings. The zero-order valence-electron chi connectivity index (χ0n) is 16.4. The molecule has 0 spiro atoms. The fourth-order valence-electron chi connectivity index (χ4n) is 4.39. The van der Waals surface area contributed by atoms with Gasteiger partial charge in [0.2, 0.25) is 5.91 Å². The minimum absolute atomic E-state index is 0.166. The fraction of sp³-hybridized carbons (Fsp3) is 0.545. The first-order valence-electron chi connectivity index (χ1n) is 10.7. The van der Waals surface area contributed by atoms with Crippen LogP contribution in [-0.2, 0) is 17.9 Å². The molecule has 5 rings (SSSR count). The molecule has 3 aliphatic rings. The van der Waals surface area contributed by atoms with Crippen LogP contribution < -0.4 is 15.5 Å². The van der Waals surface area contributed by atoms with E-state index in [2.05, 4.69) is 32.2 Å². The fourth-order valence-corrected chi connectivity index (χ4v) is 4.39. The normalized spacial score (nSPS) is 19.8. The van der Waals surface area contributed by atoms with Crippen molar-refractivity contribution in [2.75, 3.05) is 29.9 Å². The molecule has 148 valence electrons. The number of benzene rings is 1. The highest BCUT2D eigenvalue weighted by molar-refractivity contribution is 5.95. The molecule has 1 aliphatic carbocycles. The second kappa shape index (κ2) is 7.59. The first-order valence-corrected chi connectivity index (χ1v) is 10.7. The lowest BCUT2D eigenvalue weighted by Gasteiger charge is -2.27. The van der Waals surface area contributed by atoms with Crippen molar-refractivity contribution in [1.29, 1.82) is 0 Å². The number of carbonyl (C=O) groups is 1. The average Bonchev–Trinajstić information content (AvgIpc) is 3.52. The number of hydrogen-bond donors (Lipinski definition) is 2. The summed E-state index contributed by atoms with van der Waals surface area (Å²) in [4.78, 5) is 19.6. The number of imidazole rings is 1. The van der Waals surface area contributed by atoms with E-state index >= 15 is 0 Å². The van der Waals surface area contributed by atoms with E-state index in [0.29, 0.717) is 0 Å². The van der Waals surface area contributed by atoms with Gasteiger partial charge in [-0.3, -0.25) is 4.79 Å². The summed E-state index contributed by atoms with van der Waals surface area (Å²) >= 11 is 0. The molecule has 28 heavy (non-hydrogen) atoms. The van der Waals surface area contributed by atoms with Gasteiger partial charge in [-0.15, -0.1) is 0 Å². The van der Waals surface area contributed by atoms with Gasteiger partial charge in [-0.05, 0) is 43.9 Å². The van der Waals surface area contributed by atoms with Gasteiger partial charge < -0.3 is 20.1 Å². The maximum Gasteiger partial charge on any atom is 0.227 e. The van der Waals surface area contributed by atoms with E-state index in [1.807, 2.05) is 12.3 Å². The molecule has 6 heteroatoms. The Morgan fingerprint density at radius 2 is 1.93 bits per heavy atom. The number of carbonyl (C=O) groups excluding carboxylic acids is 1. The molecule has 1 aromatic carbocycles. The smallest absolute Gasteiger partial charge is 0.227 e. The van der Waals surface area contributed by atoms with Crippen LogP contribution >= 0.6 is 0 Å². The van der Waals surface area contributed by atoms with Crippen LogP contribution in [-0.4, -0.2) is 35.1 Å². The van der Waals surface area contributed by atoms with Crippen molar-refractivity contribution in [2.45, 2.75) is 51.6 Å². The Hall–Kier alpha value is -2.34. The van der Waals surface area contributed by atoms with Crippen molar-refractivity contribution in [3.63, 3.8) is 0 Å². The molecule has 2 N–H and O–H groups in total. The van der Waals surface area contributed by atoms with Crippen LogP contribution in [0.1, 0.15) is 44.2 Å². The number of hydrogen-bond acceptors (Lipinski definition) is 4. The van der Waals surface area contributed by atoms with E-state index in [9.17, 15) is 4.79 Å². The summed E-state index contributed by atoms with van der Waals surface area (Å²) in [6, 6.07) is 6.36. The zero-order chi connectivity index (χ0) is 18.9. The molecule has 1 saturated heterocycles. The monoisotopic (exact) mass is 379 g/mol. The summed E-state index contributed by atoms with van der Waals surface area (Å²) < 4.78 is 2.34. The highest BCUT2D eigenvalue weighted by atomic mass is 16.2. The standard InChI is InChI=1S/C22H29N5O/c28-22(16-5-6-16)25-17-7-8-19(20(13-17)26-10-3-1-2-4-11-26)21-24-15-18-14-23-9-12-27(18)21/h7-8,13,15-16,23H,1-6,9-12,14H2,(H,25,28). The van der Waals surface area contributed by atoms with Crippen molar-refractivity contribution in [1.82, 2.24) is 14.9 Å². The number of amides is 1. The van der Waals surface area contributed by atoms with Gasteiger partial charge in [0.1, 0.15) is 5.82 Å². The predicted molar refractivity (Wildman–Crippen MR) is 111 cm³/mol. The van der Waals surface area contributed by atoms with Crippen LogP contribution in [0.2, 0.25) is 0 Å². The first-order chi connectivity index (χ1) is 13.8. The van der Waals surface area contributed by atoms with Crippen LogP contribution in [0.5, 0.6) is 0 Å². The SMILES string of the molecule is O=C(Nc1ccc(-c2ncc3n2CCNC3)c(N2CCCCCC2)c1)C1CC1. The summed E-state index contributed by atoms with van der Waals surface area (Å²) in [6.45, 7) is 4.95. The van der Waals surface area contributed by atoms with Gasteiger partial charge in [0.25, 0.3) is 0 Å². The molecule has 0 radical (unpaired) electrons. The summed E-state index contributed by atoms with van der Waals surface area (Å²) in [7, 11) is 0. The van der Waals surface area contributed by atoms with Crippen LogP contribution in [0.25, 0.3) is 11.4 Å². The maximum absolute atomic E-state index is 12.3. The molecule has 3 heterocycles. The Balaban J connectivity index is 1.53. The molecular formula is C22H29N5O. The van der Waals surface area contributed by atoms with Gasteiger partial charge >= 0.3 is 0 Å². The van der Waals surface area contributed by atoms with Gasteiger partial charge in [0.15, 0.2) is 0 Å². The number of nitrogens with zero attached hydrogens (tertiary/aromatic N) is 3. The van der Waals surface area contributed by atoms with E-state index in [1.54, 1.807) is 0 Å². The van der Waals surface area contributed by atoms with Crippen LogP contribution in [0.4, 0.5) is 11.4 Å². The molecule has 0 atom stereocenters. The lowest BCUT2D eigenvalue weighted by atomic mass is 10.1. The highest BCUT2D eigenvalue weighted by Crippen LogP contribution is 2.36. The molecule has 1 saturated carbocycles. The molecule has 0 unspecified atom stereocenters. The Labute approximate surface area is 166 Å². The van der Waals surface area contributed by atoms with Gasteiger partial charge in [0, 0.05) is 55.6 Å². The minimum Gasteiger partial charge on any atom is -0.371 e. The Bertz CT molecular complexity index is 862. The van der Waals surface area contributed by atoms with Crippen LogP contribution in [0.3, 0.4) is 0 Å². The summed E-state index contributed by atoms with van der Waals surface area (Å²) in [5.74, 6) is 1.43. The van der Waals surface area contributed by atoms with Gasteiger partial charge in [-0.1, -0.05) is 12.8 Å². The third-order valence-corrected chi connectivity index (χ3v) is 6.16. The van der Waals surface area contributed by atoms with Crippen molar-refractivity contribution in [3.8, 4) is 11.4 Å². The van der Waals surface area contributed by atoms with Gasteiger partial charge in [0.05, 0.1) is 11.9 Å². The van der Waals surface area contributed by atoms with Gasteiger partial charge in [-0.2, -0.15) is 0 Å². The molecule has 2 aliphatic heterocycles. The minimum atomic E-state index is 0.166. The van der Waals surface area contributed by atoms with Gasteiger partial charge in [-0.25, -0.2) is 4.98 Å². The zero-order valence-corrected chi connectivity index (χ0v) is 16.4. The average molecular weight is 380 g/mol. The van der Waals surface area contributed by atoms with Crippen molar-refractivity contribution in [3.05, 3.63) is 30.1 Å². The lowest BCUT2D eigenvalue weighted by molar-refractivity contribution is -0.117. The molecule has 6 nitrogen and oxygen atoms in total. The number of nitrogens with one attached hydrogen (secondary N) is 2. The van der Waals surface area contributed by atoms with E-state index < -0.39 is 0 Å². The molecule has 2 fully saturated rings. The topological polar surface area (TPSA) is 62.2 Å². The van der Waals surface area contributed by atoms with Crippen molar-refractivity contribution < 1.29 is 4.79 Å². The first kappa shape index (κ1) is 17.7. The second-order valence-corrected chi connectivity index (χ2v) is 8.30. The second-order valence-electron chi connectivity index (χ2n) is 8.30. The summed E-state index contributed by atoms with van der Waals surface area (Å²) in [6.07, 6.45) is 9.09. The number of aromatic nitrogens is 2. The third kappa shape index (κ3) is 3.53. The molecule has 0 bridgehead atoms. The molecular weight excluding hydrogens is 350 g/mol. The van der Waals surface area contributed by atoms with Crippen LogP contribution in [0, 0.1) is 5.92 Å². The number of fused-ring (bicyclic) bond motifs is 1. The lowest BCUT2D eigenvalue weighted by Crippen LogP contribution is -2.28. The van der Waals surface area contributed by atoms with E-state index in [0.717, 1.165) is 57.1 Å². The van der Waals surface area contributed by atoms with E-state index in [-0.39, 0.29) is 11.8 Å². The maximum atomic E-state index is 12.3. The Kier molecular flexibility index (Phi) is 4.81. The third-order valence-electron chi connectivity index (χ3n) is 6.16. The summed E-state index contributed by atoms with van der Waals surface area (Å²) in [5.41, 5.74) is 4.54. The highest BCUT2D eigenvalue weighted by Gasteiger charge is 2.30.